The van der Waals surface area contributed by atoms with E-state index < -0.39 is 60.0 Å². The van der Waals surface area contributed by atoms with Crippen LogP contribution in [0.1, 0.15) is 136 Å². The number of amides is 5. The van der Waals surface area contributed by atoms with Gasteiger partial charge in [0.1, 0.15) is 24.2 Å². The first kappa shape index (κ1) is 43.8. The number of hydrogen-bond donors (Lipinski definition) is 6. The molecule has 6 fully saturated rings. The number of nitrogens with two attached hydrogens (primary N) is 2. The molecule has 5 aliphatic carbocycles. The Morgan fingerprint density at radius 2 is 1.44 bits per heavy atom. The highest BCUT2D eigenvalue weighted by atomic mass is 16.5. The Kier molecular flexibility index (Phi) is 14.6. The quantitative estimate of drug-likeness (QED) is 0.190. The Morgan fingerprint density at radius 1 is 0.789 bits per heavy atom. The summed E-state index contributed by atoms with van der Waals surface area (Å²) in [5.41, 5.74) is 12.9. The molecule has 0 radical (unpaired) electrons. The third kappa shape index (κ3) is 10.5. The largest absolute Gasteiger partial charge is 0.375 e. The third-order valence-electron chi connectivity index (χ3n) is 14.7. The van der Waals surface area contributed by atoms with Gasteiger partial charge in [0, 0.05) is 25.7 Å². The number of nitrogens with one attached hydrogen (secondary N) is 4. The van der Waals surface area contributed by atoms with Gasteiger partial charge in [-0.2, -0.15) is 0 Å². The molecule has 1 heterocycles. The van der Waals surface area contributed by atoms with Crippen LogP contribution < -0.4 is 32.7 Å². The van der Waals surface area contributed by atoms with E-state index in [1.54, 1.807) is 11.9 Å². The summed E-state index contributed by atoms with van der Waals surface area (Å²) in [6.07, 6.45) is 16.6. The van der Waals surface area contributed by atoms with Crippen molar-refractivity contribution >= 4 is 29.5 Å². The molecule has 6 rings (SSSR count). The van der Waals surface area contributed by atoms with Gasteiger partial charge in [-0.1, -0.05) is 52.4 Å². The molecule has 0 aromatic rings. The fraction of sp³-hybridized carbons (Fsp3) is 0.884. The minimum absolute atomic E-state index is 0.0334. The lowest BCUT2D eigenvalue weighted by molar-refractivity contribution is -0.148. The summed E-state index contributed by atoms with van der Waals surface area (Å²) in [4.78, 5) is 72.3. The van der Waals surface area contributed by atoms with E-state index in [1.807, 2.05) is 20.8 Å². The van der Waals surface area contributed by atoms with Crippen LogP contribution >= 0.6 is 0 Å². The zero-order valence-corrected chi connectivity index (χ0v) is 35.2. The lowest BCUT2D eigenvalue weighted by Gasteiger charge is -2.56. The summed E-state index contributed by atoms with van der Waals surface area (Å²) >= 11 is 0. The maximum Gasteiger partial charge on any atom is 0.245 e. The number of likely N-dealkylation sites (N-methyl/N-ethyl adjacent to an activating group) is 1. The van der Waals surface area contributed by atoms with Crippen LogP contribution in [0.25, 0.3) is 0 Å². The van der Waals surface area contributed by atoms with Crippen LogP contribution in [0.5, 0.6) is 0 Å². The molecule has 5 saturated carbocycles. The highest BCUT2D eigenvalue weighted by Gasteiger charge is 2.53. The van der Waals surface area contributed by atoms with Gasteiger partial charge in [-0.25, -0.2) is 0 Å². The van der Waals surface area contributed by atoms with E-state index in [0.29, 0.717) is 24.2 Å². The SMILES string of the molecule is CCC[C@H]1C(=O)N[C@@H](C2CCCCCC2)C(=O)N[C@@H](CN)C(=O)N[C@@H](COC2CC3(CC(N)C3)C2)C(=O)N[C@H](C)CO[C@H](CC2CC3(CCC3)C2)[C@@H](C)C(=O)N1C. The topological polar surface area (TPSA) is 207 Å². The third-order valence-corrected chi connectivity index (χ3v) is 14.7. The second-order valence-electron chi connectivity index (χ2n) is 19.3. The molecule has 0 unspecified atom stereocenters. The highest BCUT2D eigenvalue weighted by Crippen LogP contribution is 2.60. The maximum absolute atomic E-state index is 14.4. The first-order valence-corrected chi connectivity index (χ1v) is 22.4. The average Bonchev–Trinajstić information content (AvgIpc) is 3.41. The van der Waals surface area contributed by atoms with Gasteiger partial charge in [0.25, 0.3) is 0 Å². The van der Waals surface area contributed by atoms with Gasteiger partial charge >= 0.3 is 0 Å². The monoisotopic (exact) mass is 800 g/mol. The maximum atomic E-state index is 14.4. The van der Waals surface area contributed by atoms with E-state index in [2.05, 4.69) is 21.3 Å². The smallest absolute Gasteiger partial charge is 0.245 e. The van der Waals surface area contributed by atoms with Gasteiger partial charge in [0.15, 0.2) is 0 Å². The van der Waals surface area contributed by atoms with Crippen molar-refractivity contribution in [1.29, 1.82) is 0 Å². The van der Waals surface area contributed by atoms with Crippen LogP contribution in [0.2, 0.25) is 0 Å². The predicted octanol–water partition coefficient (Wildman–Crippen LogP) is 2.79. The Bertz CT molecular complexity index is 1410. The normalized spacial score (nSPS) is 37.8. The van der Waals surface area contributed by atoms with Crippen LogP contribution in [0, 0.1) is 28.6 Å². The highest BCUT2D eigenvalue weighted by molar-refractivity contribution is 5.96. The summed E-state index contributed by atoms with van der Waals surface area (Å²) in [6, 6.07) is -4.16. The average molecular weight is 800 g/mol. The summed E-state index contributed by atoms with van der Waals surface area (Å²) in [6.45, 7) is 5.59. The molecular weight excluding hydrogens is 727 g/mol. The molecule has 7 atom stereocenters. The van der Waals surface area contributed by atoms with Gasteiger partial charge in [-0.3, -0.25) is 24.0 Å². The lowest BCUT2D eigenvalue weighted by Crippen LogP contribution is -2.62. The van der Waals surface area contributed by atoms with Crippen molar-refractivity contribution in [1.82, 2.24) is 26.2 Å². The zero-order chi connectivity index (χ0) is 40.9. The Hall–Kier alpha value is -2.81. The molecule has 322 valence electrons. The molecule has 8 N–H and O–H groups in total. The minimum atomic E-state index is -1.16. The summed E-state index contributed by atoms with van der Waals surface area (Å²) in [7, 11) is 1.68. The van der Waals surface area contributed by atoms with E-state index in [9.17, 15) is 24.0 Å². The van der Waals surface area contributed by atoms with E-state index >= 15 is 0 Å². The van der Waals surface area contributed by atoms with Gasteiger partial charge in [-0.05, 0) is 107 Å². The summed E-state index contributed by atoms with van der Waals surface area (Å²) in [5.74, 6) is -2.37. The number of nitrogens with zero attached hydrogens (tertiary/aromatic N) is 1. The first-order chi connectivity index (χ1) is 27.2. The Morgan fingerprint density at radius 3 is 2.04 bits per heavy atom. The molecule has 1 saturated heterocycles. The van der Waals surface area contributed by atoms with E-state index in [0.717, 1.165) is 83.5 Å². The van der Waals surface area contributed by atoms with Gasteiger partial charge in [0.05, 0.1) is 31.3 Å². The van der Waals surface area contributed by atoms with Crippen molar-refractivity contribution in [2.45, 2.75) is 185 Å². The van der Waals surface area contributed by atoms with Crippen LogP contribution in [-0.2, 0) is 33.4 Å². The predicted molar refractivity (Wildman–Crippen MR) is 216 cm³/mol. The molecule has 0 bridgehead atoms. The first-order valence-electron chi connectivity index (χ1n) is 22.4. The van der Waals surface area contributed by atoms with E-state index in [4.69, 9.17) is 20.9 Å². The molecule has 57 heavy (non-hydrogen) atoms. The molecule has 14 nitrogen and oxygen atoms in total. The second kappa shape index (κ2) is 19.1. The number of carbonyl (C=O) groups is 5. The van der Waals surface area contributed by atoms with Crippen LogP contribution in [0.4, 0.5) is 0 Å². The van der Waals surface area contributed by atoms with Crippen LogP contribution in [-0.4, -0.2) is 110 Å². The summed E-state index contributed by atoms with van der Waals surface area (Å²) < 4.78 is 12.8. The Balaban J connectivity index is 1.24. The van der Waals surface area contributed by atoms with Crippen molar-refractivity contribution in [3.63, 3.8) is 0 Å². The van der Waals surface area contributed by atoms with Gasteiger partial charge < -0.3 is 47.1 Å². The zero-order valence-electron chi connectivity index (χ0n) is 35.2. The van der Waals surface area contributed by atoms with Crippen LogP contribution in [0.15, 0.2) is 0 Å². The molecule has 0 aromatic carbocycles. The number of rotatable bonds is 9. The van der Waals surface area contributed by atoms with Crippen molar-refractivity contribution < 1.29 is 33.4 Å². The number of ether oxygens (including phenoxy) is 2. The molecule has 0 aromatic heterocycles. The van der Waals surface area contributed by atoms with Crippen molar-refractivity contribution in [2.24, 2.45) is 40.1 Å². The van der Waals surface area contributed by atoms with Crippen molar-refractivity contribution in [3.05, 3.63) is 0 Å². The van der Waals surface area contributed by atoms with Crippen molar-refractivity contribution in [3.8, 4) is 0 Å². The van der Waals surface area contributed by atoms with E-state index in [-0.39, 0.29) is 55.1 Å². The molecule has 6 aliphatic rings. The van der Waals surface area contributed by atoms with Gasteiger partial charge in [-0.15, -0.1) is 0 Å². The molecular formula is C43H73N7O7. The standard InChI is InChI=1S/C43H73N7O7/c1-5-11-34-39(53)49-36(29-12-8-6-7-9-13-29)40(54)47-32(23-44)37(51)48-33(25-56-31-21-43(22-31)19-30(45)20-43)38(52)46-26(2)24-57-35(27(3)41(55)50(34)4)16-28-17-42(18-28)14-10-15-42/h26-36H,5-25,44-45H2,1-4H3,(H,46,52)(H,47,54)(H,48,51)(H,49,53)/t26-,27-,30?,31?,32+,33+,34+,35-,36+,43?/m1/s1. The molecule has 1 aliphatic heterocycles. The number of hydrogen-bond acceptors (Lipinski definition) is 9. The van der Waals surface area contributed by atoms with Crippen LogP contribution in [0.3, 0.4) is 0 Å². The van der Waals surface area contributed by atoms with E-state index in [1.165, 1.54) is 19.3 Å². The second-order valence-corrected chi connectivity index (χ2v) is 19.3. The fourth-order valence-corrected chi connectivity index (χ4v) is 11.1. The minimum Gasteiger partial charge on any atom is -0.375 e. The lowest BCUT2D eigenvalue weighted by atomic mass is 9.51. The molecule has 5 amide bonds. The molecule has 2 spiro atoms. The van der Waals surface area contributed by atoms with Gasteiger partial charge in [0.2, 0.25) is 29.5 Å². The number of carbonyl (C=O) groups excluding carboxylic acids is 5. The Labute approximate surface area is 340 Å². The summed E-state index contributed by atoms with van der Waals surface area (Å²) in [5, 5.41) is 11.8. The fourth-order valence-electron chi connectivity index (χ4n) is 11.1. The van der Waals surface area contributed by atoms with Crippen molar-refractivity contribution in [2.75, 3.05) is 26.8 Å². The molecule has 14 heteroatoms.